The fraction of sp³-hybridized carbons (Fsp3) is 0.258. The van der Waals surface area contributed by atoms with E-state index in [4.69, 9.17) is 9.40 Å². The number of hydrogen-bond acceptors (Lipinski definition) is 3. The number of halogens is 1. The average molecular weight is 1100 g/mol. The molecule has 1 aliphatic rings. The molecule has 7 aromatic carbocycles. The minimum atomic E-state index is -1.30. The number of furan rings is 1. The second kappa shape index (κ2) is 17.8. The van der Waals surface area contributed by atoms with E-state index in [0.29, 0.717) is 11.8 Å². The van der Waals surface area contributed by atoms with Gasteiger partial charge in [0.2, 0.25) is 0 Å². The molecule has 0 aliphatic heterocycles. The smallest absolute Gasteiger partial charge is 0.120 e. The van der Waals surface area contributed by atoms with E-state index in [2.05, 4.69) is 195 Å². The molecular weight excluding hydrogens is 1040 g/mol. The zero-order valence-corrected chi connectivity index (χ0v) is 45.2. The van der Waals surface area contributed by atoms with Gasteiger partial charge in [0.15, 0.2) is 0 Å². The molecule has 3 heterocycles. The number of aryl methyl sites for hydroxylation is 1. The number of fused-ring (bicyclic) bond motifs is 10. The maximum atomic E-state index is 12.8. The van der Waals surface area contributed by atoms with Crippen molar-refractivity contribution in [3.05, 3.63) is 179 Å². The second-order valence-corrected chi connectivity index (χ2v) is 26.6. The molecule has 0 unspecified atom stereocenters. The van der Waals surface area contributed by atoms with Gasteiger partial charge in [-0.05, 0) is 85.8 Å². The van der Waals surface area contributed by atoms with Crippen LogP contribution in [0.15, 0.2) is 138 Å². The van der Waals surface area contributed by atoms with Gasteiger partial charge in [-0.3, -0.25) is 9.37 Å². The van der Waals surface area contributed by atoms with E-state index in [-0.39, 0.29) is 36.8 Å². The number of para-hydroxylation sites is 1. The van der Waals surface area contributed by atoms with Crippen molar-refractivity contribution in [2.75, 3.05) is 0 Å². The monoisotopic (exact) mass is 1100 g/mol. The Morgan fingerprint density at radius 2 is 1.42 bits per heavy atom. The van der Waals surface area contributed by atoms with Crippen molar-refractivity contribution in [2.45, 2.75) is 105 Å². The molecule has 11 rings (SSSR count). The molecule has 0 fully saturated rings. The molecule has 0 N–H and O–H groups in total. The SMILES string of the molecule is C[Si](C)(C)c1ccc(-c2[c-]cc(F)cc2)nc1.Cc1cc(C(C)C)c(-n2c(-c3[c-]ccc4c3oc3ccccc34)nc3ccc4c(c32)-c2ccc3ccccc3c2C(C)(C)C4(C)C)c(C(C)C)c1.[Ir]. The number of imidazole rings is 1. The minimum Gasteiger partial charge on any atom is -0.501 e. The van der Waals surface area contributed by atoms with Crippen LogP contribution in [0.3, 0.4) is 0 Å². The number of hydrogen-bond donors (Lipinski definition) is 0. The van der Waals surface area contributed by atoms with E-state index in [0.717, 1.165) is 55.6 Å². The van der Waals surface area contributed by atoms with Crippen LogP contribution in [0.2, 0.25) is 19.6 Å². The van der Waals surface area contributed by atoms with E-state index >= 15 is 0 Å². The van der Waals surface area contributed by atoms with Gasteiger partial charge in [0.25, 0.3) is 0 Å². The van der Waals surface area contributed by atoms with E-state index < -0.39 is 8.07 Å². The number of benzene rings is 7. The van der Waals surface area contributed by atoms with Gasteiger partial charge >= 0.3 is 0 Å². The third-order valence-electron chi connectivity index (χ3n) is 14.9. The first-order valence-corrected chi connectivity index (χ1v) is 27.6. The standard InChI is InChI=1S/C48H45N2O.C14H15FNSi.Ir/c1-27(2)36-25-29(5)26-37(28(3)4)43(36)50-44-39(49-46(50)35-19-14-18-33-32-17-12-13-20-40(32)51-45(33)35)24-23-38-41(44)34-22-21-30-15-10-11-16-31(30)42(34)48(8,9)47(38,6)7;1-17(2,3)13-8-9-14(16-10-13)11-4-6-12(15)7-5-11;/h10-18,20-28H,1-9H3;4,6-10H,1-3H3;/q2*-1;. The molecule has 0 atom stereocenters. The Kier molecular flexibility index (Phi) is 12.4. The molecule has 0 amide bonds. The summed E-state index contributed by atoms with van der Waals surface area (Å²) >= 11 is 0. The van der Waals surface area contributed by atoms with Gasteiger partial charge in [-0.2, -0.15) is 0 Å². The van der Waals surface area contributed by atoms with Crippen molar-refractivity contribution in [1.82, 2.24) is 14.5 Å². The summed E-state index contributed by atoms with van der Waals surface area (Å²) in [6, 6.07) is 50.5. The van der Waals surface area contributed by atoms with Crippen molar-refractivity contribution >= 4 is 57.0 Å². The number of aromatic nitrogens is 3. The number of rotatable bonds is 6. The van der Waals surface area contributed by atoms with Crippen LogP contribution in [0.1, 0.15) is 95.0 Å². The van der Waals surface area contributed by atoms with Crippen LogP contribution in [-0.2, 0) is 30.9 Å². The molecule has 7 heteroatoms. The first-order valence-electron chi connectivity index (χ1n) is 24.1. The largest absolute Gasteiger partial charge is 0.501 e. The topological polar surface area (TPSA) is 43.9 Å². The maximum absolute atomic E-state index is 12.8. The Labute approximate surface area is 421 Å². The molecule has 1 radical (unpaired) electrons. The van der Waals surface area contributed by atoms with Crippen molar-refractivity contribution in [3.8, 4) is 39.5 Å². The van der Waals surface area contributed by atoms with Gasteiger partial charge in [0, 0.05) is 54.2 Å². The number of nitrogens with zero attached hydrogens (tertiary/aromatic N) is 3. The second-order valence-electron chi connectivity index (χ2n) is 21.5. The summed E-state index contributed by atoms with van der Waals surface area (Å²) in [7, 11) is -1.30. The van der Waals surface area contributed by atoms with Crippen LogP contribution in [-0.4, -0.2) is 22.6 Å². The van der Waals surface area contributed by atoms with Crippen LogP contribution < -0.4 is 5.19 Å². The molecule has 4 nitrogen and oxygen atoms in total. The summed E-state index contributed by atoms with van der Waals surface area (Å²) < 4.78 is 22.0. The van der Waals surface area contributed by atoms with Gasteiger partial charge in [0.1, 0.15) is 5.58 Å². The molecule has 10 aromatic rings. The first-order chi connectivity index (χ1) is 32.4. The van der Waals surface area contributed by atoms with E-state index in [1.807, 2.05) is 24.4 Å². The summed E-state index contributed by atoms with van der Waals surface area (Å²) in [6.07, 6.45) is 1.93. The summed E-state index contributed by atoms with van der Waals surface area (Å²) in [5.41, 5.74) is 16.5. The molecular formula is C62H60FIrN3OSi-2. The van der Waals surface area contributed by atoms with Gasteiger partial charge in [0.05, 0.1) is 30.5 Å². The molecule has 69 heavy (non-hydrogen) atoms. The third kappa shape index (κ3) is 8.01. The number of pyridine rings is 1. The summed E-state index contributed by atoms with van der Waals surface area (Å²) in [5, 5.41) is 6.11. The van der Waals surface area contributed by atoms with Gasteiger partial charge < -0.3 is 14.0 Å². The van der Waals surface area contributed by atoms with Gasteiger partial charge in [-0.25, -0.2) is 0 Å². The van der Waals surface area contributed by atoms with Crippen molar-refractivity contribution < 1.29 is 28.9 Å². The summed E-state index contributed by atoms with van der Waals surface area (Å²) in [6.45, 7) is 28.1. The molecule has 351 valence electrons. The van der Waals surface area contributed by atoms with Crippen LogP contribution in [0, 0.1) is 24.9 Å². The van der Waals surface area contributed by atoms with Gasteiger partial charge in [-0.1, -0.05) is 176 Å². The summed E-state index contributed by atoms with van der Waals surface area (Å²) in [4.78, 5) is 10.0. The Balaban J connectivity index is 0.000000279. The normalized spacial score (nSPS) is 14.0. The zero-order valence-electron chi connectivity index (χ0n) is 41.8. The molecule has 0 saturated carbocycles. The van der Waals surface area contributed by atoms with E-state index in [1.54, 1.807) is 6.07 Å². The predicted octanol–water partition coefficient (Wildman–Crippen LogP) is 16.6. The van der Waals surface area contributed by atoms with Crippen LogP contribution in [0.5, 0.6) is 0 Å². The first kappa shape index (κ1) is 48.1. The van der Waals surface area contributed by atoms with Crippen LogP contribution in [0.4, 0.5) is 4.39 Å². The molecule has 0 spiro atoms. The Bertz CT molecular complexity index is 3540. The molecule has 1 aliphatic carbocycles. The van der Waals surface area contributed by atoms with Crippen LogP contribution in [0.25, 0.3) is 83.2 Å². The fourth-order valence-corrected chi connectivity index (χ4v) is 11.6. The maximum Gasteiger partial charge on any atom is 0.120 e. The quantitative estimate of drug-likeness (QED) is 0.123. The predicted molar refractivity (Wildman–Crippen MR) is 286 cm³/mol. The van der Waals surface area contributed by atoms with Gasteiger partial charge in [-0.15, -0.1) is 48.0 Å². The Hall–Kier alpha value is -5.98. The van der Waals surface area contributed by atoms with Crippen molar-refractivity contribution in [3.63, 3.8) is 0 Å². The Morgan fingerprint density at radius 3 is 2.07 bits per heavy atom. The molecule has 0 saturated heterocycles. The molecule has 0 bridgehead atoms. The third-order valence-corrected chi connectivity index (χ3v) is 16.9. The van der Waals surface area contributed by atoms with E-state index in [9.17, 15) is 4.39 Å². The van der Waals surface area contributed by atoms with Crippen LogP contribution >= 0.6 is 0 Å². The van der Waals surface area contributed by atoms with E-state index in [1.165, 1.54) is 72.7 Å². The average Bonchev–Trinajstić information content (AvgIpc) is 3.89. The molecule has 3 aromatic heterocycles. The summed E-state index contributed by atoms with van der Waals surface area (Å²) in [5.74, 6) is 1.17. The minimum absolute atomic E-state index is 0. The van der Waals surface area contributed by atoms with Crippen molar-refractivity contribution in [2.24, 2.45) is 0 Å². The fourth-order valence-electron chi connectivity index (χ4n) is 10.5. The Morgan fingerprint density at radius 1 is 0.725 bits per heavy atom. The zero-order chi connectivity index (χ0) is 48.0. The van der Waals surface area contributed by atoms with Crippen molar-refractivity contribution in [1.29, 1.82) is 0 Å².